The molecule has 19 heavy (non-hydrogen) atoms. The first-order valence-corrected chi connectivity index (χ1v) is 6.47. The van der Waals surface area contributed by atoms with Crippen molar-refractivity contribution in [1.82, 2.24) is 15.1 Å². The Morgan fingerprint density at radius 1 is 1.37 bits per heavy atom. The number of carbonyl (C=O) groups is 1. The molecule has 1 heterocycles. The van der Waals surface area contributed by atoms with Crippen LogP contribution in [0.15, 0.2) is 24.3 Å². The fourth-order valence-corrected chi connectivity index (χ4v) is 2.35. The van der Waals surface area contributed by atoms with Crippen LogP contribution in [0.4, 0.5) is 4.79 Å². The third-order valence-electron chi connectivity index (χ3n) is 3.57. The minimum Gasteiger partial charge on any atom is -0.497 e. The summed E-state index contributed by atoms with van der Waals surface area (Å²) in [6, 6.07) is 8.13. The van der Waals surface area contributed by atoms with Crippen LogP contribution in [0, 0.1) is 0 Å². The van der Waals surface area contributed by atoms with Crippen molar-refractivity contribution >= 4 is 6.03 Å². The van der Waals surface area contributed by atoms with E-state index in [-0.39, 0.29) is 12.1 Å². The van der Waals surface area contributed by atoms with E-state index in [0.29, 0.717) is 0 Å². The van der Waals surface area contributed by atoms with Crippen molar-refractivity contribution in [1.29, 1.82) is 0 Å². The number of benzene rings is 1. The highest BCUT2D eigenvalue weighted by atomic mass is 16.5. The lowest BCUT2D eigenvalue weighted by molar-refractivity contribution is 0.196. The van der Waals surface area contributed by atoms with Gasteiger partial charge in [0.15, 0.2) is 0 Å². The largest absolute Gasteiger partial charge is 0.497 e. The van der Waals surface area contributed by atoms with E-state index >= 15 is 0 Å². The molecule has 1 aliphatic rings. The second kappa shape index (κ2) is 5.93. The van der Waals surface area contributed by atoms with Crippen molar-refractivity contribution in [2.24, 2.45) is 0 Å². The number of rotatable bonds is 5. The summed E-state index contributed by atoms with van der Waals surface area (Å²) in [5, 5.41) is 3.07. The Bertz CT molecular complexity index is 433. The topological polar surface area (TPSA) is 44.8 Å². The van der Waals surface area contributed by atoms with Crippen LogP contribution in [0.1, 0.15) is 11.6 Å². The SMILES string of the molecule is CNCCN1CC(c2ccc(OC)cc2)N(C)C1=O. The third-order valence-corrected chi connectivity index (χ3v) is 3.57. The van der Waals surface area contributed by atoms with Crippen LogP contribution in [0.5, 0.6) is 5.75 Å². The molecule has 0 bridgehead atoms. The van der Waals surface area contributed by atoms with Gasteiger partial charge in [-0.3, -0.25) is 0 Å². The van der Waals surface area contributed by atoms with Gasteiger partial charge in [-0.1, -0.05) is 12.1 Å². The van der Waals surface area contributed by atoms with Gasteiger partial charge >= 0.3 is 6.03 Å². The van der Waals surface area contributed by atoms with Gasteiger partial charge in [0.2, 0.25) is 0 Å². The standard InChI is InChI=1S/C14H21N3O2/c1-15-8-9-17-10-13(16(2)14(17)18)11-4-6-12(19-3)7-5-11/h4-7,13,15H,8-10H2,1-3H3. The van der Waals surface area contributed by atoms with Crippen LogP contribution in [-0.2, 0) is 0 Å². The van der Waals surface area contributed by atoms with Crippen molar-refractivity contribution in [3.05, 3.63) is 29.8 Å². The highest BCUT2D eigenvalue weighted by molar-refractivity contribution is 5.77. The molecule has 0 spiro atoms. The van der Waals surface area contributed by atoms with Gasteiger partial charge in [0.05, 0.1) is 13.2 Å². The molecule has 1 atom stereocenters. The summed E-state index contributed by atoms with van der Waals surface area (Å²) in [5.41, 5.74) is 1.14. The van der Waals surface area contributed by atoms with E-state index in [9.17, 15) is 4.79 Å². The molecule has 1 N–H and O–H groups in total. The Morgan fingerprint density at radius 2 is 2.05 bits per heavy atom. The Hall–Kier alpha value is -1.75. The van der Waals surface area contributed by atoms with Crippen molar-refractivity contribution in [2.45, 2.75) is 6.04 Å². The lowest BCUT2D eigenvalue weighted by Gasteiger charge is -2.18. The van der Waals surface area contributed by atoms with Gasteiger partial charge in [0.25, 0.3) is 0 Å². The van der Waals surface area contributed by atoms with Crippen LogP contribution in [0.2, 0.25) is 0 Å². The van der Waals surface area contributed by atoms with Crippen LogP contribution in [-0.4, -0.2) is 56.7 Å². The summed E-state index contributed by atoms with van der Waals surface area (Å²) < 4.78 is 5.15. The Balaban J connectivity index is 2.09. The average molecular weight is 263 g/mol. The number of likely N-dealkylation sites (N-methyl/N-ethyl adjacent to an activating group) is 2. The van der Waals surface area contributed by atoms with Crippen molar-refractivity contribution in [3.8, 4) is 5.75 Å². The Morgan fingerprint density at radius 3 is 2.63 bits per heavy atom. The lowest BCUT2D eigenvalue weighted by Crippen LogP contribution is -2.34. The fourth-order valence-electron chi connectivity index (χ4n) is 2.35. The van der Waals surface area contributed by atoms with Gasteiger partial charge in [-0.05, 0) is 24.7 Å². The van der Waals surface area contributed by atoms with E-state index in [2.05, 4.69) is 5.32 Å². The lowest BCUT2D eigenvalue weighted by atomic mass is 10.1. The van der Waals surface area contributed by atoms with Gasteiger partial charge in [-0.25, -0.2) is 4.79 Å². The summed E-state index contributed by atoms with van der Waals surface area (Å²) in [7, 11) is 5.40. The van der Waals surface area contributed by atoms with Crippen LogP contribution >= 0.6 is 0 Å². The van der Waals surface area contributed by atoms with Crippen molar-refractivity contribution in [3.63, 3.8) is 0 Å². The second-order valence-corrected chi connectivity index (χ2v) is 4.73. The number of urea groups is 1. The van der Waals surface area contributed by atoms with Gasteiger partial charge in [0, 0.05) is 26.7 Å². The average Bonchev–Trinajstić information content (AvgIpc) is 2.73. The molecule has 2 amide bonds. The predicted molar refractivity (Wildman–Crippen MR) is 74.4 cm³/mol. The van der Waals surface area contributed by atoms with Crippen LogP contribution in [0.25, 0.3) is 0 Å². The van der Waals surface area contributed by atoms with E-state index < -0.39 is 0 Å². The number of hydrogen-bond donors (Lipinski definition) is 1. The van der Waals surface area contributed by atoms with E-state index in [0.717, 1.165) is 30.9 Å². The number of methoxy groups -OCH3 is 1. The van der Waals surface area contributed by atoms with Gasteiger partial charge in [0.1, 0.15) is 5.75 Å². The first-order valence-electron chi connectivity index (χ1n) is 6.47. The molecule has 0 saturated carbocycles. The maximum Gasteiger partial charge on any atom is 0.320 e. The third kappa shape index (κ3) is 2.81. The normalized spacial score (nSPS) is 19.1. The summed E-state index contributed by atoms with van der Waals surface area (Å²) in [4.78, 5) is 15.8. The molecule has 2 rings (SSSR count). The molecule has 1 aromatic rings. The zero-order valence-electron chi connectivity index (χ0n) is 11.7. The molecule has 104 valence electrons. The second-order valence-electron chi connectivity index (χ2n) is 4.73. The molecule has 0 aromatic heterocycles. The molecular formula is C14H21N3O2. The summed E-state index contributed by atoms with van der Waals surface area (Å²) >= 11 is 0. The maximum atomic E-state index is 12.1. The number of amides is 2. The van der Waals surface area contributed by atoms with Crippen molar-refractivity contribution in [2.75, 3.05) is 40.8 Å². The number of nitrogens with one attached hydrogen (secondary N) is 1. The zero-order chi connectivity index (χ0) is 13.8. The monoisotopic (exact) mass is 263 g/mol. The molecular weight excluding hydrogens is 242 g/mol. The smallest absolute Gasteiger partial charge is 0.320 e. The van der Waals surface area contributed by atoms with Gasteiger partial charge < -0.3 is 19.9 Å². The van der Waals surface area contributed by atoms with Gasteiger partial charge in [-0.2, -0.15) is 0 Å². The molecule has 1 aliphatic heterocycles. The maximum absolute atomic E-state index is 12.1. The van der Waals surface area contributed by atoms with E-state index in [1.165, 1.54) is 0 Å². The van der Waals surface area contributed by atoms with E-state index in [4.69, 9.17) is 4.74 Å². The number of ether oxygens (including phenoxy) is 1. The summed E-state index contributed by atoms with van der Waals surface area (Å²) in [5.74, 6) is 0.836. The Kier molecular flexibility index (Phi) is 4.27. The van der Waals surface area contributed by atoms with E-state index in [1.54, 1.807) is 12.0 Å². The molecule has 1 saturated heterocycles. The molecule has 1 aromatic carbocycles. The Labute approximate surface area is 114 Å². The zero-order valence-corrected chi connectivity index (χ0v) is 11.7. The summed E-state index contributed by atoms with van der Waals surface area (Å²) in [6.07, 6.45) is 0. The first-order chi connectivity index (χ1) is 9.17. The van der Waals surface area contributed by atoms with Crippen LogP contribution < -0.4 is 10.1 Å². The van der Waals surface area contributed by atoms with Gasteiger partial charge in [-0.15, -0.1) is 0 Å². The van der Waals surface area contributed by atoms with Crippen LogP contribution in [0.3, 0.4) is 0 Å². The molecule has 0 radical (unpaired) electrons. The minimum absolute atomic E-state index is 0.0936. The summed E-state index contributed by atoms with van der Waals surface area (Å²) in [6.45, 7) is 2.30. The number of hydrogen-bond acceptors (Lipinski definition) is 3. The minimum atomic E-state index is 0.0936. The highest BCUT2D eigenvalue weighted by Crippen LogP contribution is 2.28. The number of nitrogens with zero attached hydrogens (tertiary/aromatic N) is 2. The molecule has 1 fully saturated rings. The predicted octanol–water partition coefficient (Wildman–Crippen LogP) is 1.32. The fraction of sp³-hybridized carbons (Fsp3) is 0.500. The van der Waals surface area contributed by atoms with E-state index in [1.807, 2.05) is 43.3 Å². The molecule has 5 heteroatoms. The molecule has 5 nitrogen and oxygen atoms in total. The number of carbonyl (C=O) groups excluding carboxylic acids is 1. The van der Waals surface area contributed by atoms with Crippen molar-refractivity contribution < 1.29 is 9.53 Å². The molecule has 0 aliphatic carbocycles. The first kappa shape index (κ1) is 13.7. The quantitative estimate of drug-likeness (QED) is 0.871. The molecule has 1 unspecified atom stereocenters. The highest BCUT2D eigenvalue weighted by Gasteiger charge is 2.34.